The number of ether oxygens (including phenoxy) is 1. The maximum atomic E-state index is 12.6. The molecule has 2 rings (SSSR count). The minimum atomic E-state index is -0.863. The number of nitrogens with two attached hydrogens (primary N) is 2. The molecule has 10 nitrogen and oxygen atoms in total. The molecule has 0 radical (unpaired) electrons. The van der Waals surface area contributed by atoms with Crippen LogP contribution in [0.2, 0.25) is 0 Å². The van der Waals surface area contributed by atoms with Crippen LogP contribution in [-0.2, 0) is 11.3 Å². The van der Waals surface area contributed by atoms with E-state index in [1.54, 1.807) is 11.8 Å². The van der Waals surface area contributed by atoms with Gasteiger partial charge < -0.3 is 26.4 Å². The van der Waals surface area contributed by atoms with Crippen molar-refractivity contribution in [3.8, 4) is 0 Å². The summed E-state index contributed by atoms with van der Waals surface area (Å²) in [5.74, 6) is 0. The SMILES string of the molecule is Cc1cn([C@H]2C[C@H](O)[C@@H](CO)O2)c(=O)n(CCN(CN)CN)c1=O. The average Bonchev–Trinajstić information content (AvgIpc) is 2.95. The first-order valence-corrected chi connectivity index (χ1v) is 7.82. The van der Waals surface area contributed by atoms with Gasteiger partial charge in [-0.3, -0.25) is 18.8 Å². The van der Waals surface area contributed by atoms with E-state index < -0.39 is 24.1 Å². The quantitative estimate of drug-likeness (QED) is 0.385. The molecule has 0 spiro atoms. The summed E-state index contributed by atoms with van der Waals surface area (Å²) in [6.07, 6.45) is -0.747. The highest BCUT2D eigenvalue weighted by Crippen LogP contribution is 2.27. The van der Waals surface area contributed by atoms with Gasteiger partial charge in [0.1, 0.15) is 12.3 Å². The van der Waals surface area contributed by atoms with Crippen molar-refractivity contribution in [1.82, 2.24) is 14.0 Å². The van der Waals surface area contributed by atoms with Crippen molar-refractivity contribution >= 4 is 0 Å². The van der Waals surface area contributed by atoms with Crippen molar-refractivity contribution in [2.75, 3.05) is 26.5 Å². The van der Waals surface area contributed by atoms with E-state index in [-0.39, 0.29) is 38.5 Å². The van der Waals surface area contributed by atoms with Gasteiger partial charge in [0.15, 0.2) is 0 Å². The third-order valence-electron chi connectivity index (χ3n) is 4.22. The predicted octanol–water partition coefficient (Wildman–Crippen LogP) is -2.91. The number of rotatable bonds is 7. The topological polar surface area (TPSA) is 149 Å². The number of aryl methyl sites for hydroxylation is 1. The molecule has 24 heavy (non-hydrogen) atoms. The van der Waals surface area contributed by atoms with Crippen molar-refractivity contribution < 1.29 is 14.9 Å². The number of hydrogen-bond acceptors (Lipinski definition) is 8. The third kappa shape index (κ3) is 3.74. The van der Waals surface area contributed by atoms with Crippen LogP contribution in [0.5, 0.6) is 0 Å². The van der Waals surface area contributed by atoms with Gasteiger partial charge in [-0.25, -0.2) is 4.79 Å². The lowest BCUT2D eigenvalue weighted by atomic mass is 10.2. The van der Waals surface area contributed by atoms with Crippen LogP contribution < -0.4 is 22.7 Å². The fraction of sp³-hybridized carbons (Fsp3) is 0.714. The van der Waals surface area contributed by atoms with Crippen molar-refractivity contribution in [2.24, 2.45) is 11.5 Å². The lowest BCUT2D eigenvalue weighted by Crippen LogP contribution is -2.45. The van der Waals surface area contributed by atoms with E-state index in [4.69, 9.17) is 21.3 Å². The summed E-state index contributed by atoms with van der Waals surface area (Å²) >= 11 is 0. The Morgan fingerprint density at radius 3 is 2.58 bits per heavy atom. The molecule has 0 aromatic carbocycles. The Balaban J connectivity index is 2.31. The Bertz CT molecular complexity index is 668. The van der Waals surface area contributed by atoms with Crippen LogP contribution in [0.25, 0.3) is 0 Å². The highest BCUT2D eigenvalue weighted by atomic mass is 16.5. The first-order chi connectivity index (χ1) is 11.4. The van der Waals surface area contributed by atoms with Crippen LogP contribution in [0.4, 0.5) is 0 Å². The van der Waals surface area contributed by atoms with E-state index in [1.165, 1.54) is 10.8 Å². The molecule has 1 aromatic rings. The van der Waals surface area contributed by atoms with Gasteiger partial charge in [-0.15, -0.1) is 0 Å². The third-order valence-corrected chi connectivity index (χ3v) is 4.22. The molecule has 1 aromatic heterocycles. The van der Waals surface area contributed by atoms with E-state index in [9.17, 15) is 14.7 Å². The number of hydrogen-bond donors (Lipinski definition) is 4. The van der Waals surface area contributed by atoms with Crippen molar-refractivity contribution in [3.63, 3.8) is 0 Å². The Labute approximate surface area is 138 Å². The van der Waals surface area contributed by atoms with Gasteiger partial charge in [0, 0.05) is 44.6 Å². The van der Waals surface area contributed by atoms with Gasteiger partial charge >= 0.3 is 5.69 Å². The fourth-order valence-electron chi connectivity index (χ4n) is 2.71. The zero-order valence-corrected chi connectivity index (χ0v) is 13.7. The zero-order valence-electron chi connectivity index (χ0n) is 13.7. The Morgan fingerprint density at radius 2 is 2.04 bits per heavy atom. The standard InChI is InChI=1S/C14H25N5O5/c1-9-5-19(12-4-10(21)11(6-20)24-12)14(23)18(13(9)22)3-2-17(7-15)8-16/h5,10-12,20-21H,2-4,6-8,15-16H2,1H3/t10-,11+,12+/m0/s1. The molecule has 0 saturated carbocycles. The normalized spacial score (nSPS) is 24.0. The van der Waals surface area contributed by atoms with Gasteiger partial charge in [0.25, 0.3) is 5.56 Å². The summed E-state index contributed by atoms with van der Waals surface area (Å²) < 4.78 is 7.89. The molecule has 10 heteroatoms. The second-order valence-electron chi connectivity index (χ2n) is 5.83. The maximum Gasteiger partial charge on any atom is 0.333 e. The molecule has 2 heterocycles. The highest BCUT2D eigenvalue weighted by molar-refractivity contribution is 5.04. The Morgan fingerprint density at radius 1 is 1.38 bits per heavy atom. The van der Waals surface area contributed by atoms with E-state index in [2.05, 4.69) is 0 Å². The lowest BCUT2D eigenvalue weighted by Gasteiger charge is -2.20. The minimum Gasteiger partial charge on any atom is -0.394 e. The van der Waals surface area contributed by atoms with Gasteiger partial charge in [0.05, 0.1) is 12.7 Å². The predicted molar refractivity (Wildman–Crippen MR) is 86.1 cm³/mol. The van der Waals surface area contributed by atoms with E-state index in [0.29, 0.717) is 12.1 Å². The molecule has 0 bridgehead atoms. The number of nitrogens with zero attached hydrogens (tertiary/aromatic N) is 3. The molecule has 6 N–H and O–H groups in total. The molecular weight excluding hydrogens is 318 g/mol. The van der Waals surface area contributed by atoms with E-state index in [0.717, 1.165) is 4.57 Å². The fourth-order valence-corrected chi connectivity index (χ4v) is 2.71. The molecule has 1 saturated heterocycles. The summed E-state index contributed by atoms with van der Waals surface area (Å²) in [7, 11) is 0. The van der Waals surface area contributed by atoms with Gasteiger partial charge in [-0.2, -0.15) is 0 Å². The van der Waals surface area contributed by atoms with Gasteiger partial charge in [-0.05, 0) is 6.92 Å². The number of aliphatic hydroxyl groups excluding tert-OH is 2. The average molecular weight is 343 g/mol. The van der Waals surface area contributed by atoms with Crippen LogP contribution in [0.1, 0.15) is 18.2 Å². The summed E-state index contributed by atoms with van der Waals surface area (Å²) in [6, 6.07) is 0. The highest BCUT2D eigenvalue weighted by Gasteiger charge is 2.35. The molecule has 1 aliphatic heterocycles. The molecule has 0 aliphatic carbocycles. The molecular formula is C14H25N5O5. The molecule has 0 amide bonds. The Kier molecular flexibility index (Phi) is 6.27. The second kappa shape index (κ2) is 8.01. The van der Waals surface area contributed by atoms with Crippen LogP contribution in [0, 0.1) is 6.92 Å². The van der Waals surface area contributed by atoms with Crippen LogP contribution in [0.15, 0.2) is 15.8 Å². The van der Waals surface area contributed by atoms with Crippen molar-refractivity contribution in [3.05, 3.63) is 32.6 Å². The largest absolute Gasteiger partial charge is 0.394 e. The monoisotopic (exact) mass is 343 g/mol. The smallest absolute Gasteiger partial charge is 0.333 e. The summed E-state index contributed by atoms with van der Waals surface area (Å²) in [5, 5.41) is 19.0. The first kappa shape index (κ1) is 18.8. The van der Waals surface area contributed by atoms with Crippen LogP contribution in [-0.4, -0.2) is 62.9 Å². The summed E-state index contributed by atoms with van der Waals surface area (Å²) in [6.45, 7) is 2.22. The maximum absolute atomic E-state index is 12.6. The lowest BCUT2D eigenvalue weighted by molar-refractivity contribution is -0.0464. The first-order valence-electron chi connectivity index (χ1n) is 7.82. The molecule has 0 unspecified atom stereocenters. The van der Waals surface area contributed by atoms with Crippen LogP contribution >= 0.6 is 0 Å². The Hall–Kier alpha value is -1.56. The van der Waals surface area contributed by atoms with Gasteiger partial charge in [-0.1, -0.05) is 0 Å². The molecule has 1 aliphatic rings. The van der Waals surface area contributed by atoms with Crippen LogP contribution in [0.3, 0.4) is 0 Å². The zero-order chi connectivity index (χ0) is 17.9. The summed E-state index contributed by atoms with van der Waals surface area (Å²) in [5.41, 5.74) is 10.5. The summed E-state index contributed by atoms with van der Waals surface area (Å²) in [4.78, 5) is 26.6. The molecule has 1 fully saturated rings. The number of aliphatic hydroxyl groups is 2. The van der Waals surface area contributed by atoms with E-state index in [1.807, 2.05) is 0 Å². The van der Waals surface area contributed by atoms with Gasteiger partial charge in [0.2, 0.25) is 0 Å². The van der Waals surface area contributed by atoms with Crippen molar-refractivity contribution in [1.29, 1.82) is 0 Å². The number of aromatic nitrogens is 2. The van der Waals surface area contributed by atoms with Crippen molar-refractivity contribution in [2.45, 2.75) is 38.3 Å². The minimum absolute atomic E-state index is 0.145. The molecule has 3 atom stereocenters. The second-order valence-corrected chi connectivity index (χ2v) is 5.83. The molecule has 136 valence electrons. The van der Waals surface area contributed by atoms with E-state index >= 15 is 0 Å².